The molecule has 2 atom stereocenters. The molecule has 4 heteroatoms. The van der Waals surface area contributed by atoms with Gasteiger partial charge in [-0.25, -0.2) is 0 Å². The number of nitrogens with zero attached hydrogens (tertiary/aromatic N) is 3. The molecule has 1 fully saturated rings. The molecule has 1 saturated heterocycles. The summed E-state index contributed by atoms with van der Waals surface area (Å²) in [5.41, 5.74) is 3.84. The van der Waals surface area contributed by atoms with Gasteiger partial charge in [-0.1, -0.05) is 0 Å². The van der Waals surface area contributed by atoms with Gasteiger partial charge in [-0.3, -0.25) is 4.68 Å². The van der Waals surface area contributed by atoms with Crippen LogP contribution in [0.4, 0.5) is 0 Å². The summed E-state index contributed by atoms with van der Waals surface area (Å²) in [5, 5.41) is 8.37. The first kappa shape index (κ1) is 15.5. The average Bonchev–Trinajstić information content (AvgIpc) is 2.97. The molecule has 114 valence electrons. The molecule has 2 unspecified atom stereocenters. The highest BCUT2D eigenvalue weighted by atomic mass is 15.3. The zero-order chi connectivity index (χ0) is 14.7. The smallest absolute Gasteiger partial charge is 0.0644 e. The Labute approximate surface area is 123 Å². The zero-order valence-electron chi connectivity index (χ0n) is 13.7. The van der Waals surface area contributed by atoms with E-state index in [9.17, 15) is 0 Å². The molecule has 0 saturated carbocycles. The normalized spacial score (nSPS) is 19.4. The first-order valence-corrected chi connectivity index (χ1v) is 8.05. The van der Waals surface area contributed by atoms with Gasteiger partial charge in [-0.2, -0.15) is 5.10 Å². The summed E-state index contributed by atoms with van der Waals surface area (Å²) in [6.07, 6.45) is 2.73. The molecule has 0 aromatic carbocycles. The third-order valence-corrected chi connectivity index (χ3v) is 4.44. The average molecular weight is 278 g/mol. The number of aromatic nitrogens is 2. The molecule has 1 aliphatic rings. The van der Waals surface area contributed by atoms with Crippen molar-refractivity contribution < 1.29 is 0 Å². The number of nitrogens with one attached hydrogen (secondary N) is 1. The van der Waals surface area contributed by atoms with E-state index in [0.29, 0.717) is 12.1 Å². The topological polar surface area (TPSA) is 33.1 Å². The summed E-state index contributed by atoms with van der Waals surface area (Å²) >= 11 is 0. The van der Waals surface area contributed by atoms with Crippen LogP contribution >= 0.6 is 0 Å². The summed E-state index contributed by atoms with van der Waals surface area (Å²) in [6, 6.07) is 0.889. The van der Waals surface area contributed by atoms with E-state index in [-0.39, 0.29) is 0 Å². The van der Waals surface area contributed by atoms with Crippen molar-refractivity contribution in [2.75, 3.05) is 19.6 Å². The predicted molar refractivity (Wildman–Crippen MR) is 84.1 cm³/mol. The Morgan fingerprint density at radius 2 is 1.85 bits per heavy atom. The van der Waals surface area contributed by atoms with E-state index in [1.54, 1.807) is 0 Å². The van der Waals surface area contributed by atoms with Crippen LogP contribution in [-0.2, 0) is 6.54 Å². The molecule has 0 bridgehead atoms. The highest BCUT2D eigenvalue weighted by molar-refractivity contribution is 5.27. The van der Waals surface area contributed by atoms with E-state index in [1.165, 1.54) is 37.2 Å². The fourth-order valence-electron chi connectivity index (χ4n) is 3.56. The summed E-state index contributed by atoms with van der Waals surface area (Å²) in [6.45, 7) is 15.7. The minimum atomic E-state index is 0.368. The minimum absolute atomic E-state index is 0.368. The number of likely N-dealkylation sites (tertiary alicyclic amines) is 1. The van der Waals surface area contributed by atoms with Crippen molar-refractivity contribution in [1.29, 1.82) is 0 Å². The Morgan fingerprint density at radius 3 is 2.40 bits per heavy atom. The Kier molecular flexibility index (Phi) is 5.22. The maximum absolute atomic E-state index is 4.63. The van der Waals surface area contributed by atoms with E-state index in [0.717, 1.165) is 18.8 Å². The third kappa shape index (κ3) is 3.41. The maximum Gasteiger partial charge on any atom is 0.0644 e. The predicted octanol–water partition coefficient (Wildman–Crippen LogP) is 2.65. The van der Waals surface area contributed by atoms with Crippen LogP contribution in [0.2, 0.25) is 0 Å². The van der Waals surface area contributed by atoms with Crippen LogP contribution in [0, 0.1) is 13.8 Å². The van der Waals surface area contributed by atoms with Crippen LogP contribution in [0.5, 0.6) is 0 Å². The van der Waals surface area contributed by atoms with Crippen molar-refractivity contribution >= 4 is 0 Å². The molecule has 0 aliphatic carbocycles. The van der Waals surface area contributed by atoms with Crippen LogP contribution in [0.25, 0.3) is 0 Å². The lowest BCUT2D eigenvalue weighted by atomic mass is 10.1. The van der Waals surface area contributed by atoms with E-state index < -0.39 is 0 Å². The van der Waals surface area contributed by atoms with E-state index in [2.05, 4.69) is 54.6 Å². The van der Waals surface area contributed by atoms with Crippen molar-refractivity contribution in [3.63, 3.8) is 0 Å². The van der Waals surface area contributed by atoms with E-state index in [4.69, 9.17) is 0 Å². The quantitative estimate of drug-likeness (QED) is 0.868. The van der Waals surface area contributed by atoms with Crippen LogP contribution in [0.3, 0.4) is 0 Å². The molecule has 0 radical (unpaired) electrons. The molecular formula is C16H30N4. The van der Waals surface area contributed by atoms with Crippen LogP contribution in [0.15, 0.2) is 0 Å². The Bertz CT molecular complexity index is 432. The fraction of sp³-hybridized carbons (Fsp3) is 0.812. The number of hydrogen-bond donors (Lipinski definition) is 1. The highest BCUT2D eigenvalue weighted by Gasteiger charge is 2.20. The van der Waals surface area contributed by atoms with Gasteiger partial charge < -0.3 is 10.2 Å². The van der Waals surface area contributed by atoms with Crippen molar-refractivity contribution in [3.8, 4) is 0 Å². The molecule has 2 heterocycles. The second kappa shape index (κ2) is 6.72. The molecular weight excluding hydrogens is 248 g/mol. The lowest BCUT2D eigenvalue weighted by molar-refractivity contribution is 0.289. The molecule has 2 rings (SSSR count). The van der Waals surface area contributed by atoms with Gasteiger partial charge >= 0.3 is 0 Å². The summed E-state index contributed by atoms with van der Waals surface area (Å²) in [4.78, 5) is 2.57. The molecule has 0 amide bonds. The number of rotatable bonds is 6. The monoisotopic (exact) mass is 278 g/mol. The van der Waals surface area contributed by atoms with Crippen LogP contribution in [0.1, 0.15) is 56.6 Å². The van der Waals surface area contributed by atoms with Gasteiger partial charge in [0.05, 0.1) is 5.69 Å². The minimum Gasteiger partial charge on any atom is -0.306 e. The van der Waals surface area contributed by atoms with Gasteiger partial charge in [0.25, 0.3) is 0 Å². The maximum atomic E-state index is 4.63. The SMILES string of the molecule is CCn1nc(C)c(C(C)NC(C)CN2CCCC2)c1C. The standard InChI is InChI=1S/C16H30N4/c1-6-20-15(5)16(14(4)18-20)13(3)17-12(2)11-19-9-7-8-10-19/h12-13,17H,6-11H2,1-5H3. The number of aryl methyl sites for hydroxylation is 2. The summed E-state index contributed by atoms with van der Waals surface area (Å²) in [7, 11) is 0. The molecule has 1 aromatic rings. The van der Waals surface area contributed by atoms with Crippen LogP contribution in [-0.4, -0.2) is 40.4 Å². The van der Waals surface area contributed by atoms with Gasteiger partial charge in [-0.05, 0) is 60.5 Å². The second-order valence-electron chi connectivity index (χ2n) is 6.20. The Morgan fingerprint density at radius 1 is 1.20 bits per heavy atom. The number of hydrogen-bond acceptors (Lipinski definition) is 3. The Balaban J connectivity index is 1.96. The van der Waals surface area contributed by atoms with Gasteiger partial charge in [0.15, 0.2) is 0 Å². The van der Waals surface area contributed by atoms with Crippen molar-refractivity contribution in [1.82, 2.24) is 20.0 Å². The van der Waals surface area contributed by atoms with E-state index >= 15 is 0 Å². The largest absolute Gasteiger partial charge is 0.306 e. The van der Waals surface area contributed by atoms with E-state index in [1.807, 2.05) is 0 Å². The highest BCUT2D eigenvalue weighted by Crippen LogP contribution is 2.22. The van der Waals surface area contributed by atoms with Crippen molar-refractivity contribution in [3.05, 3.63) is 17.0 Å². The first-order chi connectivity index (χ1) is 9.52. The summed E-state index contributed by atoms with van der Waals surface area (Å²) < 4.78 is 2.11. The lowest BCUT2D eigenvalue weighted by Gasteiger charge is -2.25. The fourth-order valence-corrected chi connectivity index (χ4v) is 3.56. The Hall–Kier alpha value is -0.870. The van der Waals surface area contributed by atoms with Gasteiger partial charge in [0, 0.05) is 36.4 Å². The molecule has 4 nitrogen and oxygen atoms in total. The summed E-state index contributed by atoms with van der Waals surface area (Å²) in [5.74, 6) is 0. The zero-order valence-corrected chi connectivity index (χ0v) is 13.7. The third-order valence-electron chi connectivity index (χ3n) is 4.44. The first-order valence-electron chi connectivity index (χ1n) is 8.05. The van der Waals surface area contributed by atoms with Gasteiger partial charge in [0.1, 0.15) is 0 Å². The van der Waals surface area contributed by atoms with Crippen molar-refractivity contribution in [2.45, 2.75) is 66.1 Å². The van der Waals surface area contributed by atoms with Gasteiger partial charge in [0.2, 0.25) is 0 Å². The molecule has 1 aliphatic heterocycles. The molecule has 1 aromatic heterocycles. The molecule has 0 spiro atoms. The molecule has 1 N–H and O–H groups in total. The second-order valence-corrected chi connectivity index (χ2v) is 6.20. The molecule has 20 heavy (non-hydrogen) atoms. The van der Waals surface area contributed by atoms with Crippen molar-refractivity contribution in [2.24, 2.45) is 0 Å². The lowest BCUT2D eigenvalue weighted by Crippen LogP contribution is -2.39. The van der Waals surface area contributed by atoms with Gasteiger partial charge in [-0.15, -0.1) is 0 Å². The van der Waals surface area contributed by atoms with Crippen LogP contribution < -0.4 is 5.32 Å².